The smallest absolute Gasteiger partial charge is 0.00446 e. The van der Waals surface area contributed by atoms with Crippen LogP contribution in [0.15, 0.2) is 0 Å². The maximum Gasteiger partial charge on any atom is 0.00446 e. The number of hydrogen-bond donors (Lipinski definition) is 1. The van der Waals surface area contributed by atoms with E-state index in [1.54, 1.807) is 0 Å². The Bertz CT molecular complexity index is 117. The minimum absolute atomic E-state index is 0.391. The summed E-state index contributed by atoms with van der Waals surface area (Å²) in [4.78, 5) is 2.48. The number of nitrogens with one attached hydrogen (secondary N) is 1. The van der Waals surface area contributed by atoms with Gasteiger partial charge in [0.05, 0.1) is 0 Å². The van der Waals surface area contributed by atoms with Gasteiger partial charge in [0.15, 0.2) is 0 Å². The molecule has 0 aromatic carbocycles. The van der Waals surface area contributed by atoms with Gasteiger partial charge in [-0.25, -0.2) is 0 Å². The normalized spacial score (nSPS) is 12.5. The lowest BCUT2D eigenvalue weighted by Crippen LogP contribution is -2.40. The fourth-order valence-electron chi connectivity index (χ4n) is 1.57. The van der Waals surface area contributed by atoms with Gasteiger partial charge in [0, 0.05) is 13.1 Å². The summed E-state index contributed by atoms with van der Waals surface area (Å²) < 4.78 is 0. The molecule has 2 heteroatoms. The van der Waals surface area contributed by atoms with Crippen molar-refractivity contribution in [3.8, 4) is 0 Å². The quantitative estimate of drug-likeness (QED) is 0.654. The van der Waals surface area contributed by atoms with Gasteiger partial charge < -0.3 is 10.2 Å². The Morgan fingerprint density at radius 3 is 2.00 bits per heavy atom. The molecule has 0 aromatic heterocycles. The largest absolute Gasteiger partial charge is 0.316 e. The molecule has 2 nitrogen and oxygen atoms in total. The molecule has 0 saturated heterocycles. The average molecular weight is 186 g/mol. The molecule has 0 radical (unpaired) electrons. The molecule has 0 aromatic rings. The third-order valence-corrected chi connectivity index (χ3v) is 2.40. The third-order valence-electron chi connectivity index (χ3n) is 2.40. The van der Waals surface area contributed by atoms with Crippen LogP contribution in [0.3, 0.4) is 0 Å². The minimum Gasteiger partial charge on any atom is -0.316 e. The van der Waals surface area contributed by atoms with Crippen molar-refractivity contribution >= 4 is 0 Å². The topological polar surface area (TPSA) is 15.3 Å². The summed E-state index contributed by atoms with van der Waals surface area (Å²) in [5, 5.41) is 3.42. The van der Waals surface area contributed by atoms with Crippen molar-refractivity contribution < 1.29 is 0 Å². The van der Waals surface area contributed by atoms with E-state index in [0.29, 0.717) is 5.41 Å². The summed E-state index contributed by atoms with van der Waals surface area (Å²) in [7, 11) is 0. The molecule has 0 rings (SSSR count). The summed E-state index contributed by atoms with van der Waals surface area (Å²) in [6.45, 7) is 17.0. The molecular weight excluding hydrogens is 160 g/mol. The first-order chi connectivity index (χ1) is 6.05. The van der Waals surface area contributed by atoms with Gasteiger partial charge in [0.25, 0.3) is 0 Å². The van der Waals surface area contributed by atoms with E-state index in [-0.39, 0.29) is 0 Å². The Balaban J connectivity index is 3.83. The predicted octanol–water partition coefficient (Wildman–Crippen LogP) is 1.96. The lowest BCUT2D eigenvalue weighted by molar-refractivity contribution is 0.188. The van der Waals surface area contributed by atoms with Gasteiger partial charge in [-0.2, -0.15) is 0 Å². The van der Waals surface area contributed by atoms with Crippen molar-refractivity contribution in [1.82, 2.24) is 10.2 Å². The van der Waals surface area contributed by atoms with Crippen LogP contribution in [0.1, 0.15) is 34.6 Å². The zero-order valence-corrected chi connectivity index (χ0v) is 9.98. The van der Waals surface area contributed by atoms with Gasteiger partial charge in [-0.15, -0.1) is 0 Å². The van der Waals surface area contributed by atoms with E-state index in [9.17, 15) is 0 Å². The summed E-state index contributed by atoms with van der Waals surface area (Å²) >= 11 is 0. The molecule has 0 aliphatic carbocycles. The first-order valence-electron chi connectivity index (χ1n) is 5.48. The molecule has 0 unspecified atom stereocenters. The van der Waals surface area contributed by atoms with Crippen LogP contribution in [0, 0.1) is 5.41 Å². The van der Waals surface area contributed by atoms with Crippen molar-refractivity contribution in [3.05, 3.63) is 0 Å². The van der Waals surface area contributed by atoms with E-state index < -0.39 is 0 Å². The molecule has 80 valence electrons. The number of hydrogen-bond acceptors (Lipinski definition) is 2. The highest BCUT2D eigenvalue weighted by Crippen LogP contribution is 2.15. The van der Waals surface area contributed by atoms with E-state index in [4.69, 9.17) is 0 Å². The van der Waals surface area contributed by atoms with E-state index in [1.807, 2.05) is 0 Å². The summed E-state index contributed by atoms with van der Waals surface area (Å²) in [6.07, 6.45) is 0. The van der Waals surface area contributed by atoms with E-state index >= 15 is 0 Å². The van der Waals surface area contributed by atoms with E-state index in [1.165, 1.54) is 6.54 Å². The van der Waals surface area contributed by atoms with Crippen LogP contribution in [-0.2, 0) is 0 Å². The van der Waals surface area contributed by atoms with Crippen LogP contribution in [0.4, 0.5) is 0 Å². The van der Waals surface area contributed by atoms with Crippen LogP contribution in [0.25, 0.3) is 0 Å². The highest BCUT2D eigenvalue weighted by molar-refractivity contribution is 4.75. The molecule has 0 aliphatic rings. The molecule has 0 spiro atoms. The SMILES string of the molecule is CCNCC(C)(C)CN(CC)CC. The standard InChI is InChI=1S/C11H26N2/c1-6-12-9-11(4,5)10-13(7-2)8-3/h12H,6-10H2,1-5H3. The fourth-order valence-corrected chi connectivity index (χ4v) is 1.57. The third kappa shape index (κ3) is 6.05. The number of nitrogens with zero attached hydrogens (tertiary/aromatic N) is 1. The van der Waals surface area contributed by atoms with Crippen LogP contribution in [0.5, 0.6) is 0 Å². The minimum atomic E-state index is 0.391. The second kappa shape index (κ2) is 6.39. The van der Waals surface area contributed by atoms with E-state index in [0.717, 1.165) is 26.2 Å². The average Bonchev–Trinajstić information content (AvgIpc) is 2.11. The van der Waals surface area contributed by atoms with Crippen LogP contribution < -0.4 is 5.32 Å². The molecule has 0 bridgehead atoms. The zero-order chi connectivity index (χ0) is 10.3. The lowest BCUT2D eigenvalue weighted by atomic mass is 9.92. The second-order valence-electron chi connectivity index (χ2n) is 4.41. The number of rotatable bonds is 7. The summed E-state index contributed by atoms with van der Waals surface area (Å²) in [6, 6.07) is 0. The van der Waals surface area contributed by atoms with Crippen molar-refractivity contribution in [2.75, 3.05) is 32.7 Å². The van der Waals surface area contributed by atoms with Crippen molar-refractivity contribution in [2.45, 2.75) is 34.6 Å². The second-order valence-corrected chi connectivity index (χ2v) is 4.41. The molecule has 0 atom stereocenters. The highest BCUT2D eigenvalue weighted by atomic mass is 15.1. The van der Waals surface area contributed by atoms with Gasteiger partial charge in [-0.3, -0.25) is 0 Å². The Hall–Kier alpha value is -0.0800. The first-order valence-corrected chi connectivity index (χ1v) is 5.48. The van der Waals surface area contributed by atoms with Crippen molar-refractivity contribution in [2.24, 2.45) is 5.41 Å². The fraction of sp³-hybridized carbons (Fsp3) is 1.00. The molecular formula is C11H26N2. The van der Waals surface area contributed by atoms with Gasteiger partial charge in [-0.05, 0) is 25.0 Å². The van der Waals surface area contributed by atoms with Gasteiger partial charge >= 0.3 is 0 Å². The predicted molar refractivity (Wildman–Crippen MR) is 60.1 cm³/mol. The van der Waals surface area contributed by atoms with Gasteiger partial charge in [-0.1, -0.05) is 34.6 Å². The zero-order valence-electron chi connectivity index (χ0n) is 9.98. The molecule has 1 N–H and O–H groups in total. The van der Waals surface area contributed by atoms with E-state index in [2.05, 4.69) is 44.8 Å². The maximum atomic E-state index is 3.42. The Labute approximate surface area is 83.7 Å². The Morgan fingerprint density at radius 1 is 1.08 bits per heavy atom. The molecule has 0 saturated carbocycles. The van der Waals surface area contributed by atoms with Gasteiger partial charge in [0.2, 0.25) is 0 Å². The van der Waals surface area contributed by atoms with Crippen molar-refractivity contribution in [3.63, 3.8) is 0 Å². The molecule has 13 heavy (non-hydrogen) atoms. The van der Waals surface area contributed by atoms with Crippen molar-refractivity contribution in [1.29, 1.82) is 0 Å². The maximum absolute atomic E-state index is 3.42. The lowest BCUT2D eigenvalue weighted by Gasteiger charge is -2.31. The highest BCUT2D eigenvalue weighted by Gasteiger charge is 2.19. The van der Waals surface area contributed by atoms with Crippen LogP contribution in [-0.4, -0.2) is 37.6 Å². The first kappa shape index (κ1) is 12.9. The summed E-state index contributed by atoms with van der Waals surface area (Å²) in [5.41, 5.74) is 0.391. The molecule has 0 aliphatic heterocycles. The monoisotopic (exact) mass is 186 g/mol. The molecule has 0 fully saturated rings. The van der Waals surface area contributed by atoms with Crippen LogP contribution >= 0.6 is 0 Å². The van der Waals surface area contributed by atoms with Gasteiger partial charge in [0.1, 0.15) is 0 Å². The molecule has 0 heterocycles. The summed E-state index contributed by atoms with van der Waals surface area (Å²) in [5.74, 6) is 0. The molecule has 0 amide bonds. The Kier molecular flexibility index (Phi) is 6.35. The Morgan fingerprint density at radius 2 is 1.62 bits per heavy atom. The van der Waals surface area contributed by atoms with Crippen LogP contribution in [0.2, 0.25) is 0 Å².